The molecule has 0 fully saturated rings. The fourth-order valence-electron chi connectivity index (χ4n) is 4.57. The van der Waals surface area contributed by atoms with Gasteiger partial charge in [0.25, 0.3) is 0 Å². The first kappa shape index (κ1) is 30.5. The molecule has 0 aliphatic carbocycles. The summed E-state index contributed by atoms with van der Waals surface area (Å²) in [4.78, 5) is 13.0. The van der Waals surface area contributed by atoms with Crippen molar-refractivity contribution in [2.45, 2.75) is 57.7 Å². The second-order valence-electron chi connectivity index (χ2n) is 10.2. The van der Waals surface area contributed by atoms with E-state index in [9.17, 15) is 10.2 Å². The minimum absolute atomic E-state index is 0.00163. The molecule has 0 saturated carbocycles. The zero-order valence-electron chi connectivity index (χ0n) is 22.9. The number of aliphatic hydroxyl groups is 2. The van der Waals surface area contributed by atoms with E-state index in [0.717, 1.165) is 30.4 Å². The summed E-state index contributed by atoms with van der Waals surface area (Å²) < 4.78 is 20.8. The molecule has 0 saturated heterocycles. The predicted molar refractivity (Wildman–Crippen MR) is 159 cm³/mol. The van der Waals surface area contributed by atoms with Gasteiger partial charge in [0.15, 0.2) is 11.8 Å². The van der Waals surface area contributed by atoms with E-state index in [1.807, 2.05) is 31.2 Å². The number of guanidine groups is 1. The lowest BCUT2D eigenvalue weighted by atomic mass is 10.0. The van der Waals surface area contributed by atoms with Gasteiger partial charge in [-0.3, -0.25) is 4.99 Å². The Morgan fingerprint density at radius 2 is 1.95 bits per heavy atom. The number of ether oxygens (including phenoxy) is 1. The first-order chi connectivity index (χ1) is 19.6. The van der Waals surface area contributed by atoms with Crippen LogP contribution in [-0.2, 0) is 17.8 Å². The highest BCUT2D eigenvalue weighted by Crippen LogP contribution is 2.29. The second-order valence-corrected chi connectivity index (χ2v) is 10.6. The number of hydrogen-bond donors (Lipinski definition) is 6. The number of rotatable bonds is 13. The Bertz CT molecular complexity index is 1470. The standard InChI is InChI=1S/C29H37ClFN7O3/c1-17(32)3-2-4-19-11-23(26(31)24(30)12-19)25-13-20-14-38(29(40)37-27(20)36-25)21-7-5-18(6-8-21)16-41-22(15-39)9-10-35-28(33)34/h5-8,11-14,17,22,29,39-40H,2-4,9-10,15-16,32H2,1H3,(H,36,37)(H4,33,34,35)/t17-,22+,29?/m0/s1. The molecule has 1 aliphatic rings. The van der Waals surface area contributed by atoms with Gasteiger partial charge >= 0.3 is 0 Å². The highest BCUT2D eigenvalue weighted by molar-refractivity contribution is 6.31. The lowest BCUT2D eigenvalue weighted by Gasteiger charge is -2.25. The molecule has 220 valence electrons. The van der Waals surface area contributed by atoms with Gasteiger partial charge in [0.1, 0.15) is 5.49 Å². The van der Waals surface area contributed by atoms with E-state index >= 15 is 4.39 Å². The average Bonchev–Trinajstić information content (AvgIpc) is 3.34. The maximum Gasteiger partial charge on any atom is 0.231 e. The van der Waals surface area contributed by atoms with E-state index < -0.39 is 18.3 Å². The summed E-state index contributed by atoms with van der Waals surface area (Å²) >= 11 is 6.23. The third kappa shape index (κ3) is 8.05. The van der Waals surface area contributed by atoms with E-state index in [-0.39, 0.29) is 30.2 Å². The maximum atomic E-state index is 15.1. The van der Waals surface area contributed by atoms with Crippen molar-refractivity contribution >= 4 is 29.4 Å². The minimum Gasteiger partial charge on any atom is -0.394 e. The van der Waals surface area contributed by atoms with Gasteiger partial charge in [-0.2, -0.15) is 0 Å². The van der Waals surface area contributed by atoms with Crippen LogP contribution >= 0.6 is 11.6 Å². The second kappa shape index (κ2) is 13.9. The molecule has 1 unspecified atom stereocenters. The Labute approximate surface area is 243 Å². The number of aryl methyl sites for hydroxylation is 1. The van der Waals surface area contributed by atoms with Crippen molar-refractivity contribution in [3.8, 4) is 11.3 Å². The number of anilines is 1. The molecule has 10 nitrogen and oxygen atoms in total. The molecule has 4 rings (SSSR count). The molecule has 2 aromatic carbocycles. The van der Waals surface area contributed by atoms with Crippen molar-refractivity contribution in [3.63, 3.8) is 0 Å². The van der Waals surface area contributed by atoms with Gasteiger partial charge in [0.05, 0.1) is 30.0 Å². The maximum absolute atomic E-state index is 15.1. The van der Waals surface area contributed by atoms with Crippen LogP contribution in [0.15, 0.2) is 52.4 Å². The van der Waals surface area contributed by atoms with Crippen LogP contribution in [0.3, 0.4) is 0 Å². The molecule has 9 N–H and O–H groups in total. The fourth-order valence-corrected chi connectivity index (χ4v) is 4.81. The van der Waals surface area contributed by atoms with Crippen LogP contribution in [0.2, 0.25) is 5.02 Å². The largest absolute Gasteiger partial charge is 0.394 e. The Hall–Kier alpha value is -3.48. The van der Waals surface area contributed by atoms with Gasteiger partial charge in [-0.15, -0.1) is 0 Å². The van der Waals surface area contributed by atoms with E-state index in [1.54, 1.807) is 29.3 Å². The molecular weight excluding hydrogens is 549 g/mol. The molecular formula is C29H37ClFN7O3. The zero-order chi connectivity index (χ0) is 29.5. The molecule has 0 spiro atoms. The Kier molecular flexibility index (Phi) is 10.4. The molecule has 3 aromatic rings. The van der Waals surface area contributed by atoms with Crippen LogP contribution in [0.1, 0.15) is 37.3 Å². The van der Waals surface area contributed by atoms with Crippen molar-refractivity contribution in [1.82, 2.24) is 4.98 Å². The summed E-state index contributed by atoms with van der Waals surface area (Å²) in [5.41, 5.74) is 20.3. The summed E-state index contributed by atoms with van der Waals surface area (Å²) in [6, 6.07) is 12.7. The predicted octanol–water partition coefficient (Wildman–Crippen LogP) is 1.84. The van der Waals surface area contributed by atoms with Gasteiger partial charge < -0.3 is 42.0 Å². The summed E-state index contributed by atoms with van der Waals surface area (Å²) in [5, 5.41) is 21.0. The van der Waals surface area contributed by atoms with E-state index in [0.29, 0.717) is 40.6 Å². The smallest absolute Gasteiger partial charge is 0.231 e. The normalized spacial score (nSPS) is 16.0. The topological polar surface area (TPSA) is 172 Å². The molecule has 41 heavy (non-hydrogen) atoms. The quantitative estimate of drug-likeness (QED) is 0.131. The number of nitrogens with zero attached hydrogens (tertiary/aromatic N) is 3. The fraction of sp³-hybridized carbons (Fsp3) is 0.379. The third-order valence-electron chi connectivity index (χ3n) is 6.77. The molecule has 1 aromatic heterocycles. The number of aromatic amines is 1. The van der Waals surface area contributed by atoms with Gasteiger partial charge in [-0.1, -0.05) is 23.7 Å². The van der Waals surface area contributed by atoms with Gasteiger partial charge in [0, 0.05) is 35.3 Å². The van der Waals surface area contributed by atoms with E-state index in [4.69, 9.17) is 33.5 Å². The molecule has 12 heteroatoms. The molecule has 0 radical (unpaired) electrons. The summed E-state index contributed by atoms with van der Waals surface area (Å²) in [6.07, 6.45) is 3.14. The lowest BCUT2D eigenvalue weighted by molar-refractivity contribution is -0.000536. The van der Waals surface area contributed by atoms with Crippen molar-refractivity contribution in [1.29, 1.82) is 0 Å². The van der Waals surface area contributed by atoms with Crippen LogP contribution in [0.25, 0.3) is 17.5 Å². The van der Waals surface area contributed by atoms with Crippen molar-refractivity contribution in [3.05, 3.63) is 75.1 Å². The Balaban J connectivity index is 1.49. The number of hydrogen-bond acceptors (Lipinski definition) is 7. The van der Waals surface area contributed by atoms with Gasteiger partial charge in [0.2, 0.25) is 6.35 Å². The number of aliphatic hydroxyl groups excluding tert-OH is 2. The number of nitrogens with two attached hydrogens (primary N) is 3. The zero-order valence-corrected chi connectivity index (χ0v) is 23.7. The van der Waals surface area contributed by atoms with Crippen LogP contribution < -0.4 is 32.8 Å². The number of aromatic nitrogens is 1. The number of fused-ring (bicyclic) bond motifs is 1. The van der Waals surface area contributed by atoms with E-state index in [2.05, 4.69) is 15.0 Å². The highest BCUT2D eigenvalue weighted by atomic mass is 35.5. The first-order valence-electron chi connectivity index (χ1n) is 13.5. The Morgan fingerprint density at radius 3 is 2.63 bits per heavy atom. The number of benzene rings is 2. The summed E-state index contributed by atoms with van der Waals surface area (Å²) in [6.45, 7) is 2.46. The van der Waals surface area contributed by atoms with Crippen LogP contribution in [0.5, 0.6) is 0 Å². The van der Waals surface area contributed by atoms with Crippen LogP contribution in [0.4, 0.5) is 10.1 Å². The van der Waals surface area contributed by atoms with Crippen molar-refractivity contribution in [2.24, 2.45) is 27.2 Å². The summed E-state index contributed by atoms with van der Waals surface area (Å²) in [5.74, 6) is -0.519. The number of aliphatic imine (C=N–C) groups is 1. The molecule has 2 heterocycles. The summed E-state index contributed by atoms with van der Waals surface area (Å²) in [7, 11) is 0. The lowest BCUT2D eigenvalue weighted by Crippen LogP contribution is -2.41. The number of H-pyrrole nitrogens is 1. The van der Waals surface area contributed by atoms with E-state index in [1.165, 1.54) is 0 Å². The number of nitrogens with one attached hydrogen (secondary N) is 1. The molecule has 3 atom stereocenters. The van der Waals surface area contributed by atoms with Crippen LogP contribution in [0, 0.1) is 5.82 Å². The Morgan fingerprint density at radius 1 is 1.20 bits per heavy atom. The van der Waals surface area contributed by atoms with Crippen molar-refractivity contribution in [2.75, 3.05) is 18.1 Å². The third-order valence-corrected chi connectivity index (χ3v) is 7.05. The molecule has 0 amide bonds. The number of halogens is 2. The molecule has 0 bridgehead atoms. The van der Waals surface area contributed by atoms with Crippen LogP contribution in [-0.4, -0.2) is 52.8 Å². The first-order valence-corrected chi connectivity index (χ1v) is 13.9. The minimum atomic E-state index is -1.18. The van der Waals surface area contributed by atoms with Crippen molar-refractivity contribution < 1.29 is 19.3 Å². The highest BCUT2D eigenvalue weighted by Gasteiger charge is 2.20. The average molecular weight is 586 g/mol. The van der Waals surface area contributed by atoms with Gasteiger partial charge in [-0.05, 0) is 74.1 Å². The van der Waals surface area contributed by atoms with Gasteiger partial charge in [-0.25, -0.2) is 9.38 Å². The molecule has 1 aliphatic heterocycles. The monoisotopic (exact) mass is 585 g/mol. The SMILES string of the molecule is C[C@H](N)CCCc1cc(Cl)c(F)c(-c2cc3c([nH]2)=NC(O)N(c2ccc(CO[C@@H](CO)CCN=C(N)N)cc2)C=3)c1.